The Morgan fingerprint density at radius 2 is 0.957 bits per heavy atom. The van der Waals surface area contributed by atoms with E-state index in [0.717, 1.165) is 12.8 Å². The fourth-order valence-electron chi connectivity index (χ4n) is 9.46. The lowest BCUT2D eigenvalue weighted by molar-refractivity contribution is 0.661. The molecule has 7 aromatic carbocycles. The fourth-order valence-corrected chi connectivity index (χ4v) is 9.46. The minimum Gasteiger partial charge on any atom is -0.0836 e. The van der Waals surface area contributed by atoms with E-state index >= 15 is 0 Å². The van der Waals surface area contributed by atoms with Crippen LogP contribution < -0.4 is 0 Å². The molecule has 0 unspecified atom stereocenters. The molecule has 4 aliphatic carbocycles. The highest BCUT2D eigenvalue weighted by molar-refractivity contribution is 6.20. The van der Waals surface area contributed by atoms with Crippen LogP contribution in [-0.4, -0.2) is 0 Å². The SMILES string of the molecule is CC1(C)c2cc(-c3ccc4c5c(cccc35)C3=C4CCC=C3)ccc2-c2ccc(-c3ccc4c5c(cccc35)-c3ccccc3-4)cc21. The smallest absolute Gasteiger partial charge is 0.0159 e. The van der Waals surface area contributed by atoms with Gasteiger partial charge in [0.15, 0.2) is 0 Å². The minimum absolute atomic E-state index is 0.109. The zero-order chi connectivity index (χ0) is 31.0. The molecule has 0 aliphatic heterocycles. The van der Waals surface area contributed by atoms with E-state index in [9.17, 15) is 0 Å². The highest BCUT2D eigenvalue weighted by Gasteiger charge is 2.36. The van der Waals surface area contributed by atoms with Crippen LogP contribution in [0.2, 0.25) is 0 Å². The van der Waals surface area contributed by atoms with Gasteiger partial charge in [-0.25, -0.2) is 0 Å². The topological polar surface area (TPSA) is 0 Å². The molecule has 11 rings (SSSR count). The summed E-state index contributed by atoms with van der Waals surface area (Å²) in [7, 11) is 0. The van der Waals surface area contributed by atoms with Gasteiger partial charge in [0.25, 0.3) is 0 Å². The van der Waals surface area contributed by atoms with Crippen LogP contribution in [0.3, 0.4) is 0 Å². The summed E-state index contributed by atoms with van der Waals surface area (Å²) in [6.45, 7) is 4.82. The van der Waals surface area contributed by atoms with Crippen LogP contribution in [0, 0.1) is 0 Å². The van der Waals surface area contributed by atoms with Gasteiger partial charge in [0.2, 0.25) is 0 Å². The molecule has 0 heterocycles. The van der Waals surface area contributed by atoms with Gasteiger partial charge in [0.05, 0.1) is 0 Å². The molecule has 0 N–H and O–H groups in total. The van der Waals surface area contributed by atoms with Crippen LogP contribution in [0.15, 0.2) is 133 Å². The van der Waals surface area contributed by atoms with Crippen LogP contribution in [0.1, 0.15) is 48.9 Å². The maximum Gasteiger partial charge on any atom is 0.0159 e. The molecule has 0 fully saturated rings. The first-order valence-electron chi connectivity index (χ1n) is 17.0. The second kappa shape index (κ2) is 8.87. The molecule has 0 radical (unpaired) electrons. The Morgan fingerprint density at radius 3 is 1.62 bits per heavy atom. The standard InChI is InChI=1S/C47H32/c1-47(2)43-25-27(29-21-23-41-33-11-5-3-9-31(33)39-15-7-13-37(29)45(39)41)17-19-35(43)36-20-18-28(26-44(36)47)30-22-24-42-34-12-6-4-10-32(34)40-16-8-14-38(30)46(40)42/h3-5,7-11,13-26H,6,12H2,1-2H3. The monoisotopic (exact) mass is 596 g/mol. The Labute approximate surface area is 275 Å². The average Bonchev–Trinajstić information content (AvgIpc) is 3.70. The molecule has 0 heteroatoms. The summed E-state index contributed by atoms with van der Waals surface area (Å²) in [4.78, 5) is 0. The zero-order valence-corrected chi connectivity index (χ0v) is 26.6. The highest BCUT2D eigenvalue weighted by Crippen LogP contribution is 2.54. The van der Waals surface area contributed by atoms with E-state index in [4.69, 9.17) is 0 Å². The van der Waals surface area contributed by atoms with Crippen molar-refractivity contribution in [2.24, 2.45) is 0 Å². The molecule has 0 atom stereocenters. The van der Waals surface area contributed by atoms with Gasteiger partial charge in [-0.1, -0.05) is 135 Å². The van der Waals surface area contributed by atoms with Gasteiger partial charge in [-0.15, -0.1) is 0 Å². The van der Waals surface area contributed by atoms with E-state index in [1.54, 1.807) is 0 Å². The molecule has 47 heavy (non-hydrogen) atoms. The van der Waals surface area contributed by atoms with E-state index in [0.29, 0.717) is 0 Å². The molecule has 0 saturated heterocycles. The molecule has 4 aliphatic rings. The summed E-state index contributed by atoms with van der Waals surface area (Å²) in [6.07, 6.45) is 6.95. The Kier molecular flexibility index (Phi) is 4.85. The third kappa shape index (κ3) is 3.23. The van der Waals surface area contributed by atoms with Gasteiger partial charge < -0.3 is 0 Å². The van der Waals surface area contributed by atoms with Crippen molar-refractivity contribution in [3.63, 3.8) is 0 Å². The molecule has 0 nitrogen and oxygen atoms in total. The van der Waals surface area contributed by atoms with Gasteiger partial charge in [0, 0.05) is 5.41 Å². The van der Waals surface area contributed by atoms with Crippen LogP contribution in [0.25, 0.3) is 88.3 Å². The van der Waals surface area contributed by atoms with Gasteiger partial charge >= 0.3 is 0 Å². The molecule has 0 amide bonds. The van der Waals surface area contributed by atoms with Crippen molar-refractivity contribution in [3.05, 3.63) is 156 Å². The number of rotatable bonds is 2. The zero-order valence-electron chi connectivity index (χ0n) is 26.6. The van der Waals surface area contributed by atoms with E-state index in [1.807, 2.05) is 0 Å². The summed E-state index contributed by atoms with van der Waals surface area (Å²) in [5.74, 6) is 0. The van der Waals surface area contributed by atoms with E-state index in [2.05, 4.69) is 147 Å². The maximum atomic E-state index is 2.48. The molecule has 0 bridgehead atoms. The Morgan fingerprint density at radius 1 is 0.447 bits per heavy atom. The molecule has 220 valence electrons. The first-order chi connectivity index (χ1) is 23.1. The number of allylic oxidation sites excluding steroid dienone is 4. The number of benzene rings is 7. The van der Waals surface area contributed by atoms with Crippen molar-refractivity contribution in [2.45, 2.75) is 32.1 Å². The van der Waals surface area contributed by atoms with Crippen molar-refractivity contribution in [2.75, 3.05) is 0 Å². The van der Waals surface area contributed by atoms with Gasteiger partial charge in [0.1, 0.15) is 0 Å². The van der Waals surface area contributed by atoms with Crippen molar-refractivity contribution in [3.8, 4) is 55.6 Å². The van der Waals surface area contributed by atoms with Crippen LogP contribution in [0.5, 0.6) is 0 Å². The first kappa shape index (κ1) is 25.7. The maximum absolute atomic E-state index is 2.48. The molecule has 7 aromatic rings. The summed E-state index contributed by atoms with van der Waals surface area (Å²) in [5, 5.41) is 5.53. The van der Waals surface area contributed by atoms with Gasteiger partial charge in [-0.3, -0.25) is 0 Å². The molecule has 0 spiro atoms. The molecule has 0 aromatic heterocycles. The molecular formula is C47H32. The average molecular weight is 597 g/mol. The second-order valence-electron chi connectivity index (χ2n) is 14.3. The lowest BCUT2D eigenvalue weighted by Gasteiger charge is -2.23. The quantitative estimate of drug-likeness (QED) is 0.186. The highest BCUT2D eigenvalue weighted by atomic mass is 14.4. The fraction of sp³-hybridized carbons (Fsp3) is 0.106. The van der Waals surface area contributed by atoms with E-state index in [-0.39, 0.29) is 5.41 Å². The normalized spacial score (nSPS) is 15.7. The van der Waals surface area contributed by atoms with Crippen LogP contribution in [-0.2, 0) is 5.41 Å². The lowest BCUT2D eigenvalue weighted by Crippen LogP contribution is -2.15. The van der Waals surface area contributed by atoms with Crippen molar-refractivity contribution >= 4 is 32.7 Å². The van der Waals surface area contributed by atoms with Gasteiger partial charge in [-0.05, 0) is 136 Å². The number of fused-ring (bicyclic) bond motifs is 8. The van der Waals surface area contributed by atoms with E-state index in [1.165, 1.54) is 111 Å². The third-order valence-electron chi connectivity index (χ3n) is 11.7. The number of hydrogen-bond acceptors (Lipinski definition) is 0. The van der Waals surface area contributed by atoms with E-state index < -0.39 is 0 Å². The third-order valence-corrected chi connectivity index (χ3v) is 11.7. The first-order valence-corrected chi connectivity index (χ1v) is 17.0. The molecule has 0 saturated carbocycles. The Bertz CT molecular complexity index is 2610. The Balaban J connectivity index is 1.03. The van der Waals surface area contributed by atoms with Crippen molar-refractivity contribution < 1.29 is 0 Å². The number of hydrogen-bond donors (Lipinski definition) is 0. The minimum atomic E-state index is -0.109. The largest absolute Gasteiger partial charge is 0.0836 e. The van der Waals surface area contributed by atoms with Crippen molar-refractivity contribution in [1.29, 1.82) is 0 Å². The van der Waals surface area contributed by atoms with Gasteiger partial charge in [-0.2, -0.15) is 0 Å². The summed E-state index contributed by atoms with van der Waals surface area (Å²) in [6, 6.07) is 46.4. The lowest BCUT2D eigenvalue weighted by atomic mass is 9.80. The van der Waals surface area contributed by atoms with Crippen molar-refractivity contribution in [1.82, 2.24) is 0 Å². The van der Waals surface area contributed by atoms with Crippen LogP contribution >= 0.6 is 0 Å². The molecular weight excluding hydrogens is 565 g/mol. The Hall–Kier alpha value is -5.46. The summed E-state index contributed by atoms with van der Waals surface area (Å²) in [5.41, 5.74) is 21.9. The second-order valence-corrected chi connectivity index (χ2v) is 14.3. The van der Waals surface area contributed by atoms with Crippen LogP contribution in [0.4, 0.5) is 0 Å². The predicted octanol–water partition coefficient (Wildman–Crippen LogP) is 12.9. The summed E-state index contributed by atoms with van der Waals surface area (Å²) < 4.78 is 0. The summed E-state index contributed by atoms with van der Waals surface area (Å²) >= 11 is 0. The predicted molar refractivity (Wildman–Crippen MR) is 200 cm³/mol.